The molecule has 0 spiro atoms. The Labute approximate surface area is 112 Å². The summed E-state index contributed by atoms with van der Waals surface area (Å²) in [4.78, 5) is 26.1. The van der Waals surface area contributed by atoms with Crippen molar-refractivity contribution in [1.82, 2.24) is 4.90 Å². The first-order valence-corrected chi connectivity index (χ1v) is 6.76. The van der Waals surface area contributed by atoms with Crippen molar-refractivity contribution in [3.05, 3.63) is 12.2 Å². The van der Waals surface area contributed by atoms with Crippen LogP contribution in [0.1, 0.15) is 12.8 Å². The number of hydrogen-bond acceptors (Lipinski definition) is 4. The molecule has 2 amide bonds. The lowest BCUT2D eigenvalue weighted by Crippen LogP contribution is -2.35. The zero-order valence-corrected chi connectivity index (χ0v) is 11.2. The zero-order chi connectivity index (χ0) is 13.6. The summed E-state index contributed by atoms with van der Waals surface area (Å²) < 4.78 is 10.2. The predicted molar refractivity (Wildman–Crippen MR) is 66.9 cm³/mol. The molecule has 4 atom stereocenters. The van der Waals surface area contributed by atoms with Crippen molar-refractivity contribution in [1.29, 1.82) is 0 Å². The van der Waals surface area contributed by atoms with E-state index in [9.17, 15) is 9.59 Å². The Morgan fingerprint density at radius 3 is 2.16 bits per heavy atom. The number of methoxy groups -OCH3 is 2. The number of likely N-dealkylation sites (tertiary alicyclic amines) is 1. The van der Waals surface area contributed by atoms with Crippen molar-refractivity contribution < 1.29 is 19.1 Å². The van der Waals surface area contributed by atoms with Gasteiger partial charge in [0.2, 0.25) is 11.8 Å². The minimum absolute atomic E-state index is 0.00203. The van der Waals surface area contributed by atoms with Crippen molar-refractivity contribution in [3.8, 4) is 0 Å². The molecular weight excluding hydrogens is 246 g/mol. The second kappa shape index (κ2) is 4.72. The largest absolute Gasteiger partial charge is 0.356 e. The maximum absolute atomic E-state index is 12.4. The van der Waals surface area contributed by atoms with Gasteiger partial charge in [0.05, 0.1) is 11.8 Å². The number of carbonyl (C=O) groups is 2. The molecule has 1 saturated heterocycles. The van der Waals surface area contributed by atoms with E-state index in [1.807, 2.05) is 0 Å². The van der Waals surface area contributed by atoms with Gasteiger partial charge in [0.1, 0.15) is 0 Å². The molecule has 5 nitrogen and oxygen atoms in total. The number of amides is 2. The SMILES string of the molecule is COC(CCN1C(=O)C2C3C=CC(C3)C2C1=O)OC. The number of imide groups is 1. The van der Waals surface area contributed by atoms with Crippen molar-refractivity contribution in [2.45, 2.75) is 19.1 Å². The fraction of sp³-hybridized carbons (Fsp3) is 0.714. The van der Waals surface area contributed by atoms with Crippen molar-refractivity contribution in [2.75, 3.05) is 20.8 Å². The Bertz CT molecular complexity index is 399. The third kappa shape index (κ3) is 1.83. The molecule has 0 aromatic heterocycles. The van der Waals surface area contributed by atoms with Crippen molar-refractivity contribution >= 4 is 11.8 Å². The third-order valence-electron chi connectivity index (χ3n) is 4.68. The van der Waals surface area contributed by atoms with Crippen LogP contribution in [0.15, 0.2) is 12.2 Å². The zero-order valence-electron chi connectivity index (χ0n) is 11.2. The van der Waals surface area contributed by atoms with Crippen LogP contribution < -0.4 is 0 Å². The first kappa shape index (κ1) is 12.8. The Kier molecular flexibility index (Phi) is 3.19. The third-order valence-corrected chi connectivity index (χ3v) is 4.68. The van der Waals surface area contributed by atoms with Crippen LogP contribution in [0.2, 0.25) is 0 Å². The second-order valence-electron chi connectivity index (χ2n) is 5.52. The second-order valence-corrected chi connectivity index (χ2v) is 5.52. The minimum Gasteiger partial charge on any atom is -0.356 e. The quantitative estimate of drug-likeness (QED) is 0.419. The molecule has 2 bridgehead atoms. The number of carbonyl (C=O) groups excluding carboxylic acids is 2. The van der Waals surface area contributed by atoms with Gasteiger partial charge in [0.25, 0.3) is 0 Å². The Hall–Kier alpha value is -1.20. The van der Waals surface area contributed by atoms with Gasteiger partial charge in [0, 0.05) is 27.2 Å². The lowest BCUT2D eigenvalue weighted by atomic mass is 9.85. The van der Waals surface area contributed by atoms with Gasteiger partial charge < -0.3 is 9.47 Å². The summed E-state index contributed by atoms with van der Waals surface area (Å²) in [6, 6.07) is 0. The molecule has 1 heterocycles. The van der Waals surface area contributed by atoms with Crippen LogP contribution in [0, 0.1) is 23.7 Å². The van der Waals surface area contributed by atoms with Gasteiger partial charge in [-0.1, -0.05) is 12.2 Å². The molecule has 0 aromatic carbocycles. The van der Waals surface area contributed by atoms with E-state index in [-0.39, 0.29) is 41.8 Å². The van der Waals surface area contributed by atoms with Gasteiger partial charge in [-0.2, -0.15) is 0 Å². The first-order valence-electron chi connectivity index (χ1n) is 6.76. The van der Waals surface area contributed by atoms with E-state index < -0.39 is 0 Å². The van der Waals surface area contributed by atoms with Gasteiger partial charge in [-0.15, -0.1) is 0 Å². The number of nitrogens with zero attached hydrogens (tertiary/aromatic N) is 1. The molecule has 104 valence electrons. The normalized spacial score (nSPS) is 35.8. The Morgan fingerprint density at radius 1 is 1.16 bits per heavy atom. The van der Waals surface area contributed by atoms with E-state index >= 15 is 0 Å². The lowest BCUT2D eigenvalue weighted by molar-refractivity contribution is -0.144. The van der Waals surface area contributed by atoms with Crippen LogP contribution in [0.25, 0.3) is 0 Å². The van der Waals surface area contributed by atoms with E-state index in [1.165, 1.54) is 4.90 Å². The minimum atomic E-state index is -0.365. The highest BCUT2D eigenvalue weighted by atomic mass is 16.7. The highest BCUT2D eigenvalue weighted by molar-refractivity contribution is 6.06. The standard InChI is InChI=1S/C14H19NO4/c1-18-10(19-2)5-6-15-13(16)11-8-3-4-9(7-8)12(11)14(15)17/h3-4,8-12H,5-7H2,1-2H3. The summed E-state index contributed by atoms with van der Waals surface area (Å²) in [6.45, 7) is 0.385. The average Bonchev–Trinajstić information content (AvgIpc) is 3.08. The molecule has 0 N–H and O–H groups in total. The van der Waals surface area contributed by atoms with Crippen molar-refractivity contribution in [3.63, 3.8) is 0 Å². The fourth-order valence-corrected chi connectivity index (χ4v) is 3.75. The maximum atomic E-state index is 12.4. The van der Waals surface area contributed by atoms with Gasteiger partial charge in [-0.25, -0.2) is 0 Å². The van der Waals surface area contributed by atoms with E-state index in [0.717, 1.165) is 6.42 Å². The van der Waals surface area contributed by atoms with Crippen LogP contribution >= 0.6 is 0 Å². The molecule has 3 rings (SSSR count). The van der Waals surface area contributed by atoms with Crippen molar-refractivity contribution in [2.24, 2.45) is 23.7 Å². The molecule has 3 aliphatic rings. The van der Waals surface area contributed by atoms with Gasteiger partial charge in [0.15, 0.2) is 6.29 Å². The maximum Gasteiger partial charge on any atom is 0.233 e. The van der Waals surface area contributed by atoms with Gasteiger partial charge in [-0.3, -0.25) is 14.5 Å². The van der Waals surface area contributed by atoms with E-state index in [1.54, 1.807) is 14.2 Å². The molecule has 0 radical (unpaired) electrons. The van der Waals surface area contributed by atoms with Crippen LogP contribution in [-0.2, 0) is 19.1 Å². The number of rotatable bonds is 5. The number of ether oxygens (including phenoxy) is 2. The molecule has 2 aliphatic carbocycles. The lowest BCUT2D eigenvalue weighted by Gasteiger charge is -2.20. The molecule has 5 heteroatoms. The monoisotopic (exact) mass is 265 g/mol. The van der Waals surface area contributed by atoms with Gasteiger partial charge >= 0.3 is 0 Å². The first-order chi connectivity index (χ1) is 9.17. The average molecular weight is 265 g/mol. The number of allylic oxidation sites excluding steroid dienone is 2. The molecule has 2 fully saturated rings. The Balaban J connectivity index is 1.69. The van der Waals surface area contributed by atoms with Crippen LogP contribution in [0.3, 0.4) is 0 Å². The molecule has 0 aromatic rings. The number of fused-ring (bicyclic) bond motifs is 5. The summed E-state index contributed by atoms with van der Waals surface area (Å²) in [5.74, 6) is 0.335. The summed E-state index contributed by atoms with van der Waals surface area (Å²) in [5.41, 5.74) is 0. The summed E-state index contributed by atoms with van der Waals surface area (Å²) >= 11 is 0. The van der Waals surface area contributed by atoms with E-state index in [0.29, 0.717) is 13.0 Å². The Morgan fingerprint density at radius 2 is 1.68 bits per heavy atom. The fourth-order valence-electron chi connectivity index (χ4n) is 3.75. The van der Waals surface area contributed by atoms with E-state index in [2.05, 4.69) is 12.2 Å². The molecule has 4 unspecified atom stereocenters. The molecular formula is C14H19NO4. The number of hydrogen-bond donors (Lipinski definition) is 0. The van der Waals surface area contributed by atoms with Crippen LogP contribution in [-0.4, -0.2) is 43.8 Å². The molecule has 19 heavy (non-hydrogen) atoms. The topological polar surface area (TPSA) is 55.8 Å². The summed E-state index contributed by atoms with van der Waals surface area (Å²) in [7, 11) is 3.11. The van der Waals surface area contributed by atoms with Crippen LogP contribution in [0.5, 0.6) is 0 Å². The summed E-state index contributed by atoms with van der Waals surface area (Å²) in [6.07, 6.45) is 5.34. The smallest absolute Gasteiger partial charge is 0.233 e. The molecule has 1 saturated carbocycles. The highest BCUT2D eigenvalue weighted by Gasteiger charge is 2.58. The van der Waals surface area contributed by atoms with E-state index in [4.69, 9.17) is 9.47 Å². The summed E-state index contributed by atoms with van der Waals surface area (Å²) in [5, 5.41) is 0. The highest BCUT2D eigenvalue weighted by Crippen LogP contribution is 2.52. The predicted octanol–water partition coefficient (Wildman–Crippen LogP) is 0.802. The molecule has 1 aliphatic heterocycles. The van der Waals surface area contributed by atoms with Gasteiger partial charge in [-0.05, 0) is 18.3 Å². The van der Waals surface area contributed by atoms with Crippen LogP contribution in [0.4, 0.5) is 0 Å².